The molecule has 29 heavy (non-hydrogen) atoms. The van der Waals surface area contributed by atoms with Gasteiger partial charge in [0.25, 0.3) is 5.91 Å². The average Bonchev–Trinajstić information content (AvgIpc) is 3.12. The molecule has 0 radical (unpaired) electrons. The molecule has 4 aromatic rings. The highest BCUT2D eigenvalue weighted by atomic mass is 32.1. The Morgan fingerprint density at radius 2 is 2.28 bits per heavy atom. The molecule has 5 rings (SSSR count). The van der Waals surface area contributed by atoms with E-state index in [0.717, 1.165) is 29.7 Å². The monoisotopic (exact) mass is 409 g/mol. The zero-order chi connectivity index (χ0) is 20.1. The number of pyridine rings is 1. The highest BCUT2D eigenvalue weighted by Gasteiger charge is 2.27. The first-order chi connectivity index (χ1) is 14.0. The van der Waals surface area contributed by atoms with Crippen molar-refractivity contribution in [1.29, 1.82) is 0 Å². The summed E-state index contributed by atoms with van der Waals surface area (Å²) in [7, 11) is 1.81. The van der Waals surface area contributed by atoms with Crippen LogP contribution in [0.2, 0.25) is 0 Å². The van der Waals surface area contributed by atoms with Crippen molar-refractivity contribution in [2.45, 2.75) is 32.4 Å². The number of hydrogen-bond donors (Lipinski definition) is 2. The molecular formula is C19H19N7O2S. The lowest BCUT2D eigenvalue weighted by atomic mass is 10.1. The van der Waals surface area contributed by atoms with Crippen molar-refractivity contribution in [3.63, 3.8) is 0 Å². The highest BCUT2D eigenvalue weighted by molar-refractivity contribution is 7.71. The molecule has 1 aliphatic rings. The summed E-state index contributed by atoms with van der Waals surface area (Å²) in [4.78, 5) is 17.8. The van der Waals surface area contributed by atoms with Gasteiger partial charge in [0, 0.05) is 13.1 Å². The quantitative estimate of drug-likeness (QED) is 0.491. The molecule has 9 nitrogen and oxygen atoms in total. The van der Waals surface area contributed by atoms with Crippen LogP contribution in [-0.2, 0) is 13.6 Å². The Hall–Kier alpha value is -3.27. The largest absolute Gasteiger partial charge is 0.463 e. The Morgan fingerprint density at radius 3 is 3.00 bits per heavy atom. The smallest absolute Gasteiger partial charge is 0.252 e. The molecule has 1 fully saturated rings. The number of rotatable bonds is 5. The van der Waals surface area contributed by atoms with Crippen LogP contribution in [0.15, 0.2) is 28.9 Å². The number of nitrogens with zero attached hydrogens (tertiary/aromatic N) is 5. The number of hydrogen-bond acceptors (Lipinski definition) is 6. The van der Waals surface area contributed by atoms with E-state index < -0.39 is 0 Å². The lowest BCUT2D eigenvalue weighted by molar-refractivity contribution is 0.0951. The van der Waals surface area contributed by atoms with Crippen molar-refractivity contribution >= 4 is 29.2 Å². The summed E-state index contributed by atoms with van der Waals surface area (Å²) in [6, 6.07) is 5.72. The summed E-state index contributed by atoms with van der Waals surface area (Å²) in [5, 5.41) is 15.2. The predicted molar refractivity (Wildman–Crippen MR) is 108 cm³/mol. The Labute approximate surface area is 170 Å². The van der Waals surface area contributed by atoms with Crippen molar-refractivity contribution in [3.8, 4) is 11.5 Å². The Balaban J connectivity index is 1.52. The number of aromatic nitrogens is 6. The number of nitrogens with one attached hydrogen (secondary N) is 2. The molecule has 0 atom stereocenters. The van der Waals surface area contributed by atoms with Crippen LogP contribution < -0.4 is 5.32 Å². The number of aryl methyl sites for hydroxylation is 2. The van der Waals surface area contributed by atoms with E-state index in [1.54, 1.807) is 23.1 Å². The Kier molecular flexibility index (Phi) is 4.09. The van der Waals surface area contributed by atoms with Crippen LogP contribution in [0.5, 0.6) is 0 Å². The number of carbonyl (C=O) groups is 1. The van der Waals surface area contributed by atoms with E-state index in [0.29, 0.717) is 33.5 Å². The van der Waals surface area contributed by atoms with Gasteiger partial charge in [-0.2, -0.15) is 10.2 Å². The van der Waals surface area contributed by atoms with Gasteiger partial charge >= 0.3 is 0 Å². The van der Waals surface area contributed by atoms with E-state index in [-0.39, 0.29) is 12.5 Å². The first-order valence-electron chi connectivity index (χ1n) is 9.35. The van der Waals surface area contributed by atoms with Crippen molar-refractivity contribution in [2.24, 2.45) is 7.05 Å². The minimum absolute atomic E-state index is 0.224. The molecule has 0 unspecified atom stereocenters. The van der Waals surface area contributed by atoms with Crippen molar-refractivity contribution in [1.82, 2.24) is 34.8 Å². The molecule has 148 valence electrons. The second-order valence-electron chi connectivity index (χ2n) is 7.17. The Morgan fingerprint density at radius 1 is 1.45 bits per heavy atom. The number of aromatic amines is 1. The normalized spacial score (nSPS) is 13.9. The maximum atomic E-state index is 13.1. The van der Waals surface area contributed by atoms with E-state index in [4.69, 9.17) is 16.6 Å². The number of amides is 1. The molecule has 1 amide bonds. The van der Waals surface area contributed by atoms with Gasteiger partial charge < -0.3 is 9.73 Å². The maximum absolute atomic E-state index is 13.1. The van der Waals surface area contributed by atoms with Crippen molar-refractivity contribution in [3.05, 3.63) is 46.3 Å². The van der Waals surface area contributed by atoms with Gasteiger partial charge in [-0.3, -0.25) is 19.1 Å². The molecule has 0 aliphatic heterocycles. The molecule has 4 aromatic heterocycles. The summed E-state index contributed by atoms with van der Waals surface area (Å²) in [6.45, 7) is 2.15. The lowest BCUT2D eigenvalue weighted by Gasteiger charge is -2.09. The Bertz CT molecular complexity index is 1280. The van der Waals surface area contributed by atoms with Gasteiger partial charge in [0.1, 0.15) is 5.69 Å². The average molecular weight is 409 g/mol. The van der Waals surface area contributed by atoms with Gasteiger partial charge in [0.05, 0.1) is 29.5 Å². The minimum Gasteiger partial charge on any atom is -0.463 e. The summed E-state index contributed by atoms with van der Waals surface area (Å²) in [5.74, 6) is 1.09. The molecule has 1 aliphatic carbocycles. The van der Waals surface area contributed by atoms with Gasteiger partial charge in [-0.05, 0) is 50.2 Å². The number of fused-ring (bicyclic) bond motifs is 1. The first kappa shape index (κ1) is 17.8. The van der Waals surface area contributed by atoms with E-state index in [1.165, 1.54) is 0 Å². The molecule has 1 saturated carbocycles. The summed E-state index contributed by atoms with van der Waals surface area (Å²) < 4.78 is 9.73. The fraction of sp³-hybridized carbons (Fsp3) is 0.316. The minimum atomic E-state index is -0.224. The van der Waals surface area contributed by atoms with Gasteiger partial charge in [-0.25, -0.2) is 4.98 Å². The van der Waals surface area contributed by atoms with Crippen LogP contribution in [-0.4, -0.2) is 35.4 Å². The van der Waals surface area contributed by atoms with Gasteiger partial charge in [0.15, 0.2) is 22.0 Å². The molecule has 2 N–H and O–H groups in total. The molecule has 4 heterocycles. The van der Waals surface area contributed by atoms with Crippen molar-refractivity contribution < 1.29 is 9.21 Å². The lowest BCUT2D eigenvalue weighted by Crippen LogP contribution is -2.25. The van der Waals surface area contributed by atoms with Crippen LogP contribution in [0.1, 0.15) is 40.8 Å². The first-order valence-corrected chi connectivity index (χ1v) is 9.76. The molecule has 0 spiro atoms. The van der Waals surface area contributed by atoms with E-state index in [9.17, 15) is 4.79 Å². The third-order valence-corrected chi connectivity index (χ3v) is 5.37. The molecular weight excluding hydrogens is 390 g/mol. The summed E-state index contributed by atoms with van der Waals surface area (Å²) >= 11 is 5.31. The second-order valence-corrected chi connectivity index (χ2v) is 7.56. The SMILES string of the molecule is Cc1nn(C)c2nc(-c3ccco3)cc(C(=O)NCc3n[nH]c(=S)n3C3CC3)c12. The standard InChI is InChI=1S/C19H19N7O2S/c1-10-16-12(8-13(14-4-3-7-28-14)21-17(16)25(2)24-10)18(27)20-9-15-22-23-19(29)26(15)11-5-6-11/h3-4,7-8,11H,5-6,9H2,1-2H3,(H,20,27)(H,23,29). The third kappa shape index (κ3) is 3.05. The van der Waals surface area contributed by atoms with Crippen LogP contribution in [0, 0.1) is 11.7 Å². The van der Waals surface area contributed by atoms with E-state index in [1.807, 2.05) is 24.6 Å². The molecule has 0 bridgehead atoms. The maximum Gasteiger partial charge on any atom is 0.252 e. The van der Waals surface area contributed by atoms with Crippen LogP contribution in [0.3, 0.4) is 0 Å². The van der Waals surface area contributed by atoms with Gasteiger partial charge in [-0.1, -0.05) is 0 Å². The predicted octanol–water partition coefficient (Wildman–Crippen LogP) is 3.06. The molecule has 10 heteroatoms. The second kappa shape index (κ2) is 6.66. The molecule has 0 saturated heterocycles. The van der Waals surface area contributed by atoms with Crippen LogP contribution in [0.25, 0.3) is 22.5 Å². The summed E-state index contributed by atoms with van der Waals surface area (Å²) in [5.41, 5.74) is 2.45. The van der Waals surface area contributed by atoms with Crippen molar-refractivity contribution in [2.75, 3.05) is 0 Å². The van der Waals surface area contributed by atoms with Gasteiger partial charge in [0.2, 0.25) is 0 Å². The number of H-pyrrole nitrogens is 1. The zero-order valence-electron chi connectivity index (χ0n) is 16.0. The fourth-order valence-electron chi connectivity index (χ4n) is 3.60. The van der Waals surface area contributed by atoms with Crippen LogP contribution in [0.4, 0.5) is 0 Å². The number of furan rings is 1. The topological polar surface area (TPSA) is 107 Å². The zero-order valence-corrected chi connectivity index (χ0v) is 16.8. The van der Waals surface area contributed by atoms with Crippen LogP contribution >= 0.6 is 12.2 Å². The van der Waals surface area contributed by atoms with E-state index in [2.05, 4.69) is 25.6 Å². The highest BCUT2D eigenvalue weighted by Crippen LogP contribution is 2.35. The molecule has 0 aromatic carbocycles. The summed E-state index contributed by atoms with van der Waals surface area (Å²) in [6.07, 6.45) is 3.75. The number of carbonyl (C=O) groups excluding carboxylic acids is 1. The fourth-order valence-corrected chi connectivity index (χ4v) is 3.90. The van der Waals surface area contributed by atoms with Gasteiger partial charge in [-0.15, -0.1) is 0 Å². The third-order valence-electron chi connectivity index (χ3n) is 5.08. The van der Waals surface area contributed by atoms with E-state index >= 15 is 0 Å².